The summed E-state index contributed by atoms with van der Waals surface area (Å²) >= 11 is 0. The van der Waals surface area contributed by atoms with Crippen LogP contribution in [0.3, 0.4) is 0 Å². The number of hydrogen-bond donors (Lipinski definition) is 4. The molecule has 2 unspecified atom stereocenters. The number of nitrogens with zero attached hydrogens (tertiary/aromatic N) is 1. The van der Waals surface area contributed by atoms with Crippen molar-refractivity contribution in [3.8, 4) is 16.9 Å². The summed E-state index contributed by atoms with van der Waals surface area (Å²) in [4.78, 5) is 25.8. The Morgan fingerprint density at radius 3 is 1.98 bits per heavy atom. The van der Waals surface area contributed by atoms with Crippen molar-refractivity contribution in [2.75, 3.05) is 11.5 Å². The number of aldehydes is 1. The fraction of sp³-hybridized carbons (Fsp3) is 0.212. The largest absolute Gasteiger partial charge is 0.462 e. The summed E-state index contributed by atoms with van der Waals surface area (Å²) in [7, 11) is 0. The first kappa shape index (κ1) is 29.0. The molecule has 5 rings (SSSR count). The van der Waals surface area contributed by atoms with E-state index in [4.69, 9.17) is 9.47 Å². The van der Waals surface area contributed by atoms with Crippen molar-refractivity contribution in [2.45, 2.75) is 37.6 Å². The molecule has 1 fully saturated rings. The molecule has 0 saturated carbocycles. The zero-order valence-electron chi connectivity index (χ0n) is 22.9. The first-order valence-corrected chi connectivity index (χ1v) is 13.6. The summed E-state index contributed by atoms with van der Waals surface area (Å²) in [6.07, 6.45) is -4.73. The summed E-state index contributed by atoms with van der Waals surface area (Å²) in [6.45, 7) is 0.674. The smallest absolute Gasteiger partial charge is 0.223 e. The SMILES string of the molecule is CC(=O)N[C@H]1C(Oc2cc(-c3ccc(N(c4ccccc4)c4ccccc4)cc3)ccc2C=O)O[C@H](CO)C(O)[C@@H]1O. The van der Waals surface area contributed by atoms with Gasteiger partial charge in [-0.2, -0.15) is 0 Å². The Labute approximate surface area is 243 Å². The molecule has 9 nitrogen and oxygen atoms in total. The van der Waals surface area contributed by atoms with Gasteiger partial charge in [0, 0.05) is 24.0 Å². The fourth-order valence-electron chi connectivity index (χ4n) is 5.01. The highest BCUT2D eigenvalue weighted by Gasteiger charge is 2.46. The molecule has 1 amide bonds. The van der Waals surface area contributed by atoms with Gasteiger partial charge in [0.1, 0.15) is 30.1 Å². The van der Waals surface area contributed by atoms with Gasteiger partial charge in [-0.15, -0.1) is 0 Å². The minimum atomic E-state index is -1.47. The fourth-order valence-corrected chi connectivity index (χ4v) is 5.01. The summed E-state index contributed by atoms with van der Waals surface area (Å²) in [5, 5.41) is 33.1. The highest BCUT2D eigenvalue weighted by atomic mass is 16.7. The standard InChI is InChI=1S/C33H32N2O7/c1-21(38)34-30-32(40)31(39)29(20-37)42-33(30)41-28-18-23(12-13-24(28)19-36)22-14-16-27(17-15-22)35(25-8-4-2-5-9-25)26-10-6-3-7-11-26/h2-19,29-33,37,39-40H,20H2,1H3,(H,34,38)/t29-,30-,31?,32-,33?/m1/s1. The predicted molar refractivity (Wildman–Crippen MR) is 158 cm³/mol. The lowest BCUT2D eigenvalue weighted by molar-refractivity contribution is -0.244. The van der Waals surface area contributed by atoms with E-state index in [0.717, 1.165) is 28.2 Å². The van der Waals surface area contributed by atoms with Crippen molar-refractivity contribution in [3.63, 3.8) is 0 Å². The minimum Gasteiger partial charge on any atom is -0.462 e. The number of hydrogen-bond acceptors (Lipinski definition) is 8. The number of carbonyl (C=O) groups is 2. The van der Waals surface area contributed by atoms with Gasteiger partial charge in [-0.3, -0.25) is 9.59 Å². The van der Waals surface area contributed by atoms with Crippen LogP contribution >= 0.6 is 0 Å². The van der Waals surface area contributed by atoms with E-state index in [0.29, 0.717) is 6.29 Å². The Morgan fingerprint density at radius 2 is 1.43 bits per heavy atom. The predicted octanol–water partition coefficient (Wildman–Crippen LogP) is 3.96. The maximum atomic E-state index is 11.9. The summed E-state index contributed by atoms with van der Waals surface area (Å²) < 4.78 is 11.7. The van der Waals surface area contributed by atoms with Crippen LogP contribution in [0.5, 0.6) is 5.75 Å². The van der Waals surface area contributed by atoms with E-state index >= 15 is 0 Å². The normalized spacial score (nSPS) is 21.8. The second kappa shape index (κ2) is 13.0. The van der Waals surface area contributed by atoms with Crippen LogP contribution in [0.25, 0.3) is 11.1 Å². The van der Waals surface area contributed by atoms with Crippen LogP contribution in [0, 0.1) is 0 Å². The van der Waals surface area contributed by atoms with E-state index in [1.165, 1.54) is 6.92 Å². The Morgan fingerprint density at radius 1 is 0.857 bits per heavy atom. The molecule has 4 aromatic carbocycles. The molecule has 5 atom stereocenters. The van der Waals surface area contributed by atoms with Gasteiger partial charge in [0.2, 0.25) is 12.2 Å². The van der Waals surface area contributed by atoms with Crippen molar-refractivity contribution < 1.29 is 34.4 Å². The van der Waals surface area contributed by atoms with Crippen molar-refractivity contribution in [1.82, 2.24) is 5.32 Å². The van der Waals surface area contributed by atoms with Gasteiger partial charge >= 0.3 is 0 Å². The van der Waals surface area contributed by atoms with Gasteiger partial charge in [-0.25, -0.2) is 0 Å². The third-order valence-electron chi connectivity index (χ3n) is 7.12. The average Bonchev–Trinajstić information content (AvgIpc) is 3.02. The van der Waals surface area contributed by atoms with Gasteiger partial charge in [0.05, 0.1) is 12.2 Å². The van der Waals surface area contributed by atoms with E-state index in [1.54, 1.807) is 18.2 Å². The van der Waals surface area contributed by atoms with Gasteiger partial charge in [-0.05, 0) is 59.7 Å². The first-order valence-electron chi connectivity index (χ1n) is 13.6. The molecule has 0 aliphatic carbocycles. The molecule has 42 heavy (non-hydrogen) atoms. The Hall–Kier alpha value is -4.54. The highest BCUT2D eigenvalue weighted by molar-refractivity contribution is 5.83. The molecule has 0 bridgehead atoms. The molecule has 1 heterocycles. The summed E-state index contributed by atoms with van der Waals surface area (Å²) in [6, 6.07) is 31.9. The Kier molecular flexibility index (Phi) is 8.94. The highest BCUT2D eigenvalue weighted by Crippen LogP contribution is 2.36. The quantitative estimate of drug-likeness (QED) is 0.224. The van der Waals surface area contributed by atoms with E-state index < -0.39 is 43.2 Å². The van der Waals surface area contributed by atoms with Gasteiger partial charge in [0.25, 0.3) is 0 Å². The number of anilines is 3. The maximum absolute atomic E-state index is 11.9. The number of rotatable bonds is 9. The first-order chi connectivity index (χ1) is 20.4. The lowest BCUT2D eigenvalue weighted by Gasteiger charge is -2.42. The lowest BCUT2D eigenvalue weighted by Crippen LogP contribution is -2.65. The number of para-hydroxylation sites is 2. The third kappa shape index (κ3) is 6.19. The van der Waals surface area contributed by atoms with E-state index in [1.807, 2.05) is 84.9 Å². The molecule has 0 spiro atoms. The monoisotopic (exact) mass is 568 g/mol. The number of aliphatic hydroxyl groups excluding tert-OH is 3. The summed E-state index contributed by atoms with van der Waals surface area (Å²) in [5.41, 5.74) is 4.80. The number of aliphatic hydroxyl groups is 3. The maximum Gasteiger partial charge on any atom is 0.223 e. The molecular weight excluding hydrogens is 536 g/mol. The second-order valence-corrected chi connectivity index (χ2v) is 9.97. The molecule has 0 radical (unpaired) electrons. The average molecular weight is 569 g/mol. The van der Waals surface area contributed by atoms with Gasteiger partial charge < -0.3 is 35.0 Å². The Bertz CT molecular complexity index is 1460. The van der Waals surface area contributed by atoms with Gasteiger partial charge in [0.15, 0.2) is 6.29 Å². The van der Waals surface area contributed by atoms with Crippen LogP contribution in [0.4, 0.5) is 17.1 Å². The molecule has 1 saturated heterocycles. The van der Waals surface area contributed by atoms with Crippen LogP contribution in [-0.2, 0) is 9.53 Å². The number of nitrogens with one attached hydrogen (secondary N) is 1. The van der Waals surface area contributed by atoms with Crippen molar-refractivity contribution in [3.05, 3.63) is 109 Å². The van der Waals surface area contributed by atoms with Crippen LogP contribution < -0.4 is 15.0 Å². The number of ether oxygens (including phenoxy) is 2. The second-order valence-electron chi connectivity index (χ2n) is 9.97. The summed E-state index contributed by atoms with van der Waals surface area (Å²) in [5.74, 6) is -0.321. The minimum absolute atomic E-state index is 0.155. The topological polar surface area (TPSA) is 129 Å². The Balaban J connectivity index is 1.45. The van der Waals surface area contributed by atoms with E-state index in [2.05, 4.69) is 10.2 Å². The van der Waals surface area contributed by atoms with Crippen molar-refractivity contribution >= 4 is 29.3 Å². The van der Waals surface area contributed by atoms with Crippen LogP contribution in [0.2, 0.25) is 0 Å². The molecule has 9 heteroatoms. The molecule has 1 aliphatic heterocycles. The lowest BCUT2D eigenvalue weighted by atomic mass is 9.96. The van der Waals surface area contributed by atoms with Gasteiger partial charge in [-0.1, -0.05) is 54.6 Å². The number of carbonyl (C=O) groups excluding carboxylic acids is 2. The molecule has 0 aromatic heterocycles. The molecule has 4 aromatic rings. The van der Waals surface area contributed by atoms with Crippen LogP contribution in [0.15, 0.2) is 103 Å². The molecule has 4 N–H and O–H groups in total. The number of amides is 1. The van der Waals surface area contributed by atoms with E-state index in [-0.39, 0.29) is 11.3 Å². The number of benzene rings is 4. The zero-order valence-corrected chi connectivity index (χ0v) is 22.9. The third-order valence-corrected chi connectivity index (χ3v) is 7.12. The van der Waals surface area contributed by atoms with Crippen molar-refractivity contribution in [1.29, 1.82) is 0 Å². The van der Waals surface area contributed by atoms with Crippen LogP contribution in [-0.4, -0.2) is 64.8 Å². The zero-order chi connectivity index (χ0) is 29.6. The molecule has 1 aliphatic rings. The molecular formula is C33H32N2O7. The molecule has 216 valence electrons. The van der Waals surface area contributed by atoms with Crippen molar-refractivity contribution in [2.24, 2.45) is 0 Å². The van der Waals surface area contributed by atoms with Crippen LogP contribution in [0.1, 0.15) is 17.3 Å². The van der Waals surface area contributed by atoms with E-state index in [9.17, 15) is 24.9 Å².